The first kappa shape index (κ1) is 17.0. The van der Waals surface area contributed by atoms with Gasteiger partial charge in [0.1, 0.15) is 24.4 Å². The maximum atomic E-state index is 9.76. The highest BCUT2D eigenvalue weighted by atomic mass is 16.7. The number of benzene rings is 1. The van der Waals surface area contributed by atoms with Crippen LogP contribution in [0.5, 0.6) is 0 Å². The predicted molar refractivity (Wildman–Crippen MR) is 68.6 cm³/mol. The Morgan fingerprint density at radius 1 is 1.00 bits per heavy atom. The van der Waals surface area contributed by atoms with Gasteiger partial charge in [-0.3, -0.25) is 0 Å². The van der Waals surface area contributed by atoms with E-state index in [0.29, 0.717) is 0 Å². The van der Waals surface area contributed by atoms with Gasteiger partial charge in [0.05, 0.1) is 13.2 Å². The van der Waals surface area contributed by atoms with Crippen molar-refractivity contribution in [3.8, 4) is 0 Å². The molecular weight excluding hydrogens is 268 g/mol. The van der Waals surface area contributed by atoms with Gasteiger partial charge in [-0.1, -0.05) is 30.3 Å². The Hall–Kier alpha value is -1.06. The molecule has 0 radical (unpaired) electrons. The van der Waals surface area contributed by atoms with Crippen LogP contribution in [0, 0.1) is 0 Å². The monoisotopic (exact) mass is 288 g/mol. The average Bonchev–Trinajstić information content (AvgIpc) is 2.45. The quantitative estimate of drug-likeness (QED) is 0.516. The highest BCUT2D eigenvalue weighted by Gasteiger charge is 2.43. The van der Waals surface area contributed by atoms with Gasteiger partial charge in [-0.25, -0.2) is 0 Å². The first-order valence-corrected chi connectivity index (χ1v) is 6.09. The molecular formula is C13H20O7. The van der Waals surface area contributed by atoms with Crippen LogP contribution in [0.1, 0.15) is 5.56 Å². The van der Waals surface area contributed by atoms with E-state index in [1.165, 1.54) is 0 Å². The number of rotatable bonds is 4. The fourth-order valence-corrected chi connectivity index (χ4v) is 1.96. The van der Waals surface area contributed by atoms with Crippen molar-refractivity contribution in [2.24, 2.45) is 0 Å². The molecule has 114 valence electrons. The van der Waals surface area contributed by atoms with Gasteiger partial charge in [0.25, 0.3) is 0 Å². The third-order valence-electron chi connectivity index (χ3n) is 3.11. The lowest BCUT2D eigenvalue weighted by Crippen LogP contribution is -2.59. The van der Waals surface area contributed by atoms with E-state index in [-0.39, 0.29) is 12.1 Å². The van der Waals surface area contributed by atoms with Crippen LogP contribution in [-0.4, -0.2) is 63.2 Å². The summed E-state index contributed by atoms with van der Waals surface area (Å²) in [5.74, 6) is 0. The van der Waals surface area contributed by atoms with Crippen molar-refractivity contribution < 1.29 is 35.4 Å². The largest absolute Gasteiger partial charge is 0.412 e. The molecule has 0 aromatic heterocycles. The molecule has 0 aliphatic carbocycles. The van der Waals surface area contributed by atoms with Gasteiger partial charge < -0.3 is 35.4 Å². The van der Waals surface area contributed by atoms with E-state index in [1.54, 1.807) is 0 Å². The number of hydrogen-bond acceptors (Lipinski definition) is 6. The Bertz CT molecular complexity index is 384. The zero-order valence-corrected chi connectivity index (χ0v) is 10.8. The normalized spacial score (nSPS) is 33.5. The Morgan fingerprint density at radius 3 is 2.25 bits per heavy atom. The van der Waals surface area contributed by atoms with Gasteiger partial charge in [-0.2, -0.15) is 0 Å². The fourth-order valence-electron chi connectivity index (χ4n) is 1.96. The molecule has 1 heterocycles. The standard InChI is InChI=1S/C13H18O6.H2O/c14-6-9-10(15)11(16)12(17)13(19-9)18-7-8-4-2-1-3-5-8;/h1-5,9-17H,6-7H2;1H2/t9-,10+,11+,12-,13?;/m1./s1. The molecule has 0 bridgehead atoms. The minimum Gasteiger partial charge on any atom is -0.412 e. The van der Waals surface area contributed by atoms with Crippen LogP contribution in [0.3, 0.4) is 0 Å². The molecule has 6 N–H and O–H groups in total. The highest BCUT2D eigenvalue weighted by Crippen LogP contribution is 2.22. The topological polar surface area (TPSA) is 131 Å². The summed E-state index contributed by atoms with van der Waals surface area (Å²) in [7, 11) is 0. The summed E-state index contributed by atoms with van der Waals surface area (Å²) in [5.41, 5.74) is 0.888. The molecule has 1 aromatic rings. The van der Waals surface area contributed by atoms with Gasteiger partial charge in [-0.05, 0) is 5.56 Å². The van der Waals surface area contributed by atoms with Crippen molar-refractivity contribution in [2.45, 2.75) is 37.3 Å². The Morgan fingerprint density at radius 2 is 1.65 bits per heavy atom. The maximum Gasteiger partial charge on any atom is 0.187 e. The van der Waals surface area contributed by atoms with Crippen molar-refractivity contribution >= 4 is 0 Å². The lowest BCUT2D eigenvalue weighted by molar-refractivity contribution is -0.304. The van der Waals surface area contributed by atoms with Gasteiger partial charge in [0.2, 0.25) is 0 Å². The van der Waals surface area contributed by atoms with Crippen molar-refractivity contribution in [1.29, 1.82) is 0 Å². The van der Waals surface area contributed by atoms with Crippen LogP contribution < -0.4 is 0 Å². The molecule has 1 aromatic carbocycles. The molecule has 0 saturated carbocycles. The number of aliphatic hydroxyl groups is 4. The van der Waals surface area contributed by atoms with Gasteiger partial charge >= 0.3 is 0 Å². The van der Waals surface area contributed by atoms with E-state index < -0.39 is 37.3 Å². The predicted octanol–water partition coefficient (Wildman–Crippen LogP) is -1.82. The van der Waals surface area contributed by atoms with Crippen LogP contribution in [0.4, 0.5) is 0 Å². The van der Waals surface area contributed by atoms with Crippen molar-refractivity contribution in [3.05, 3.63) is 35.9 Å². The van der Waals surface area contributed by atoms with Crippen molar-refractivity contribution in [2.75, 3.05) is 6.61 Å². The highest BCUT2D eigenvalue weighted by molar-refractivity contribution is 5.13. The average molecular weight is 288 g/mol. The first-order valence-electron chi connectivity index (χ1n) is 6.09. The second-order valence-corrected chi connectivity index (χ2v) is 4.49. The Balaban J connectivity index is 0.00000200. The summed E-state index contributed by atoms with van der Waals surface area (Å²) < 4.78 is 10.6. The van der Waals surface area contributed by atoms with E-state index in [0.717, 1.165) is 5.56 Å². The molecule has 5 atom stereocenters. The van der Waals surface area contributed by atoms with Crippen LogP contribution >= 0.6 is 0 Å². The number of ether oxygens (including phenoxy) is 2. The van der Waals surface area contributed by atoms with Gasteiger partial charge in [-0.15, -0.1) is 0 Å². The molecule has 0 amide bonds. The Labute approximate surface area is 116 Å². The van der Waals surface area contributed by atoms with Crippen LogP contribution in [0.25, 0.3) is 0 Å². The molecule has 7 heteroatoms. The van der Waals surface area contributed by atoms with Crippen LogP contribution in [0.15, 0.2) is 30.3 Å². The lowest BCUT2D eigenvalue weighted by atomic mass is 9.99. The number of hydrogen-bond donors (Lipinski definition) is 4. The molecule has 2 rings (SSSR count). The lowest BCUT2D eigenvalue weighted by Gasteiger charge is -2.39. The van der Waals surface area contributed by atoms with Crippen molar-refractivity contribution in [1.82, 2.24) is 0 Å². The summed E-state index contributed by atoms with van der Waals surface area (Å²) in [6, 6.07) is 9.28. The van der Waals surface area contributed by atoms with Gasteiger partial charge in [0, 0.05) is 0 Å². The molecule has 20 heavy (non-hydrogen) atoms. The maximum absolute atomic E-state index is 9.76. The molecule has 0 spiro atoms. The van der Waals surface area contributed by atoms with Crippen LogP contribution in [-0.2, 0) is 16.1 Å². The van der Waals surface area contributed by atoms with Gasteiger partial charge in [0.15, 0.2) is 6.29 Å². The third kappa shape index (κ3) is 3.74. The van der Waals surface area contributed by atoms with E-state index in [1.807, 2.05) is 30.3 Å². The summed E-state index contributed by atoms with van der Waals surface area (Å²) in [4.78, 5) is 0. The summed E-state index contributed by atoms with van der Waals surface area (Å²) in [6.07, 6.45) is -6.17. The zero-order valence-electron chi connectivity index (χ0n) is 10.8. The fraction of sp³-hybridized carbons (Fsp3) is 0.538. The summed E-state index contributed by atoms with van der Waals surface area (Å²) in [6.45, 7) is -0.264. The Kier molecular flexibility index (Phi) is 6.50. The summed E-state index contributed by atoms with van der Waals surface area (Å²) in [5, 5.41) is 38.0. The van der Waals surface area contributed by atoms with E-state index >= 15 is 0 Å². The SMILES string of the molecule is O.OC[C@H]1OC(OCc2ccccc2)[C@H](O)[C@@H](O)[C@H]1O. The second-order valence-electron chi connectivity index (χ2n) is 4.49. The van der Waals surface area contributed by atoms with E-state index in [4.69, 9.17) is 14.6 Å². The molecule has 1 fully saturated rings. The summed E-state index contributed by atoms with van der Waals surface area (Å²) >= 11 is 0. The minimum atomic E-state index is -1.41. The van der Waals surface area contributed by atoms with Crippen molar-refractivity contribution in [3.63, 3.8) is 0 Å². The molecule has 7 nitrogen and oxygen atoms in total. The first-order chi connectivity index (χ1) is 9.13. The van der Waals surface area contributed by atoms with E-state index in [2.05, 4.69) is 0 Å². The molecule has 1 unspecified atom stereocenters. The zero-order chi connectivity index (χ0) is 13.8. The molecule has 1 aliphatic rings. The smallest absolute Gasteiger partial charge is 0.187 e. The molecule has 1 saturated heterocycles. The third-order valence-corrected chi connectivity index (χ3v) is 3.11. The second kappa shape index (κ2) is 7.65. The number of aliphatic hydroxyl groups excluding tert-OH is 4. The molecule has 1 aliphatic heterocycles. The van der Waals surface area contributed by atoms with Crippen LogP contribution in [0.2, 0.25) is 0 Å². The van der Waals surface area contributed by atoms with E-state index in [9.17, 15) is 15.3 Å². The minimum absolute atomic E-state index is 0.